The first-order chi connectivity index (χ1) is 24.4. The Hall–Kier alpha value is -4.98. The highest BCUT2D eigenvalue weighted by molar-refractivity contribution is 6.06. The predicted molar refractivity (Wildman–Crippen MR) is 203 cm³/mol. The van der Waals surface area contributed by atoms with Gasteiger partial charge in [0.2, 0.25) is 0 Å². The molecule has 0 aliphatic rings. The van der Waals surface area contributed by atoms with Crippen LogP contribution in [0.2, 0.25) is 0 Å². The highest BCUT2D eigenvalue weighted by atomic mass is 16.2. The minimum atomic E-state index is -0.378. The largest absolute Gasteiger partial charge is 0.351 e. The predicted octanol–water partition coefficient (Wildman–Crippen LogP) is 8.18. The van der Waals surface area contributed by atoms with E-state index in [1.807, 2.05) is 12.1 Å². The molecule has 0 saturated heterocycles. The molecule has 3 aromatic carbocycles. The molecule has 0 unspecified atom stereocenters. The maximum Gasteiger partial charge on any atom is 0.267 e. The van der Waals surface area contributed by atoms with Gasteiger partial charge in [-0.2, -0.15) is 0 Å². The average molecular weight is 679 g/mol. The molecule has 0 fully saturated rings. The summed E-state index contributed by atoms with van der Waals surface area (Å²) < 4.78 is 0. The van der Waals surface area contributed by atoms with Crippen LogP contribution in [0.25, 0.3) is 12.2 Å². The van der Waals surface area contributed by atoms with Gasteiger partial charge in [-0.15, -0.1) is 0 Å². The molecule has 0 atom stereocenters. The molecule has 3 aromatic rings. The van der Waals surface area contributed by atoms with Crippen LogP contribution >= 0.6 is 0 Å². The van der Waals surface area contributed by atoms with E-state index in [1.54, 1.807) is 84.9 Å². The minimum Gasteiger partial charge on any atom is -0.351 e. The van der Waals surface area contributed by atoms with Crippen LogP contribution in [0.5, 0.6) is 0 Å². The molecule has 8 nitrogen and oxygen atoms in total. The normalized spacial score (nSPS) is 11.5. The molecule has 0 saturated carbocycles. The van der Waals surface area contributed by atoms with Gasteiger partial charge in [0.05, 0.1) is 0 Å². The van der Waals surface area contributed by atoms with E-state index >= 15 is 0 Å². The van der Waals surface area contributed by atoms with Gasteiger partial charge in [0.25, 0.3) is 23.6 Å². The molecule has 0 aliphatic heterocycles. The number of nitrogens with one attached hydrogen (secondary N) is 4. The summed E-state index contributed by atoms with van der Waals surface area (Å²) in [6.07, 6.45) is 16.5. The summed E-state index contributed by atoms with van der Waals surface area (Å²) in [5.74, 6) is -1.48. The SMILES string of the molecule is CCCCCCCCNC(=O)/C(=C\c1ccc(/C=C(/NC(=O)c2ccccc2)C(=O)NCCCCCCCC)cc1)NC(=O)c1ccccc1. The Morgan fingerprint density at radius 3 is 1.16 bits per heavy atom. The Bertz CT molecular complexity index is 1420. The molecule has 0 heterocycles. The molecule has 0 radical (unpaired) electrons. The summed E-state index contributed by atoms with van der Waals surface area (Å²) in [4.78, 5) is 52.5. The minimum absolute atomic E-state index is 0.137. The zero-order chi connectivity index (χ0) is 35.8. The Morgan fingerprint density at radius 2 is 0.800 bits per heavy atom. The van der Waals surface area contributed by atoms with Crippen molar-refractivity contribution >= 4 is 35.8 Å². The first kappa shape index (κ1) is 39.5. The van der Waals surface area contributed by atoms with Gasteiger partial charge in [0.15, 0.2) is 0 Å². The molecule has 4 amide bonds. The van der Waals surface area contributed by atoms with Crippen LogP contribution in [0.1, 0.15) is 123 Å². The van der Waals surface area contributed by atoms with E-state index in [2.05, 4.69) is 35.1 Å². The van der Waals surface area contributed by atoms with Crippen molar-refractivity contribution in [2.75, 3.05) is 13.1 Å². The third kappa shape index (κ3) is 15.1. The van der Waals surface area contributed by atoms with Crippen LogP contribution in [0.3, 0.4) is 0 Å². The van der Waals surface area contributed by atoms with E-state index < -0.39 is 0 Å². The second-order valence-electron chi connectivity index (χ2n) is 12.5. The van der Waals surface area contributed by atoms with Crippen molar-refractivity contribution in [2.45, 2.75) is 90.9 Å². The molecule has 3 rings (SSSR count). The third-order valence-electron chi connectivity index (χ3n) is 8.25. The number of rotatable bonds is 22. The van der Waals surface area contributed by atoms with E-state index in [-0.39, 0.29) is 35.0 Å². The fourth-order valence-electron chi connectivity index (χ4n) is 5.31. The van der Waals surface area contributed by atoms with Gasteiger partial charge in [0.1, 0.15) is 11.4 Å². The zero-order valence-electron chi connectivity index (χ0n) is 29.8. The topological polar surface area (TPSA) is 116 Å². The Balaban J connectivity index is 1.76. The van der Waals surface area contributed by atoms with Gasteiger partial charge >= 0.3 is 0 Å². The Labute approximate surface area is 298 Å². The molecule has 8 heteroatoms. The van der Waals surface area contributed by atoms with Crippen LogP contribution in [0, 0.1) is 0 Å². The van der Waals surface area contributed by atoms with Crippen molar-refractivity contribution in [2.24, 2.45) is 0 Å². The van der Waals surface area contributed by atoms with Crippen molar-refractivity contribution in [1.29, 1.82) is 0 Å². The van der Waals surface area contributed by atoms with Crippen LogP contribution in [0.4, 0.5) is 0 Å². The van der Waals surface area contributed by atoms with E-state index in [4.69, 9.17) is 0 Å². The van der Waals surface area contributed by atoms with Crippen LogP contribution in [-0.4, -0.2) is 36.7 Å². The standard InChI is InChI=1S/C42H54N4O4/c1-3-5-7-9-11-19-29-43-41(49)37(45-39(47)35-21-15-13-16-22-35)31-33-25-27-34(28-26-33)32-38(46-40(48)36-23-17-14-18-24-36)42(50)44-30-20-12-10-8-6-4-2/h13-18,21-28,31-32H,3-12,19-20,29-30H2,1-2H3,(H,43,49)(H,44,50)(H,45,47)(H,46,48)/b37-31+,38-32+. The van der Waals surface area contributed by atoms with E-state index in [0.29, 0.717) is 35.3 Å². The lowest BCUT2D eigenvalue weighted by atomic mass is 10.1. The molecule has 0 aromatic heterocycles. The lowest BCUT2D eigenvalue weighted by Gasteiger charge is -2.12. The molecular formula is C42H54N4O4. The van der Waals surface area contributed by atoms with Crippen molar-refractivity contribution in [1.82, 2.24) is 21.3 Å². The van der Waals surface area contributed by atoms with Crippen molar-refractivity contribution in [3.05, 3.63) is 119 Å². The van der Waals surface area contributed by atoms with Gasteiger partial charge in [-0.3, -0.25) is 19.2 Å². The van der Waals surface area contributed by atoms with Gasteiger partial charge in [-0.1, -0.05) is 139 Å². The summed E-state index contributed by atoms with van der Waals surface area (Å²) in [5.41, 5.74) is 2.53. The van der Waals surface area contributed by atoms with E-state index in [1.165, 1.54) is 38.5 Å². The lowest BCUT2D eigenvalue weighted by molar-refractivity contribution is -0.118. The first-order valence-electron chi connectivity index (χ1n) is 18.2. The van der Waals surface area contributed by atoms with Crippen LogP contribution in [-0.2, 0) is 9.59 Å². The number of hydrogen-bond donors (Lipinski definition) is 4. The summed E-state index contributed by atoms with van der Waals surface area (Å²) >= 11 is 0. The van der Waals surface area contributed by atoms with Crippen molar-refractivity contribution in [3.8, 4) is 0 Å². The molecule has 0 bridgehead atoms. The summed E-state index contributed by atoms with van der Waals surface area (Å²) in [6.45, 7) is 5.41. The fraction of sp³-hybridized carbons (Fsp3) is 0.381. The van der Waals surface area contributed by atoms with Gasteiger partial charge in [-0.25, -0.2) is 0 Å². The van der Waals surface area contributed by atoms with Crippen LogP contribution in [0.15, 0.2) is 96.3 Å². The highest BCUT2D eigenvalue weighted by Gasteiger charge is 2.16. The van der Waals surface area contributed by atoms with Crippen molar-refractivity contribution in [3.63, 3.8) is 0 Å². The van der Waals surface area contributed by atoms with Crippen LogP contribution < -0.4 is 21.3 Å². The molecule has 0 spiro atoms. The maximum absolute atomic E-state index is 13.2. The molecule has 0 aliphatic carbocycles. The second kappa shape index (κ2) is 23.4. The van der Waals surface area contributed by atoms with Gasteiger partial charge in [0, 0.05) is 24.2 Å². The average Bonchev–Trinajstić information content (AvgIpc) is 3.14. The number of carbonyl (C=O) groups is 4. The third-order valence-corrected chi connectivity index (χ3v) is 8.25. The highest BCUT2D eigenvalue weighted by Crippen LogP contribution is 2.14. The molecule has 4 N–H and O–H groups in total. The number of carbonyl (C=O) groups excluding carboxylic acids is 4. The first-order valence-corrected chi connectivity index (χ1v) is 18.2. The summed E-state index contributed by atoms with van der Waals surface area (Å²) in [6, 6.07) is 24.7. The van der Waals surface area contributed by atoms with E-state index in [9.17, 15) is 19.2 Å². The van der Waals surface area contributed by atoms with Gasteiger partial charge < -0.3 is 21.3 Å². The van der Waals surface area contributed by atoms with E-state index in [0.717, 1.165) is 38.5 Å². The molecule has 266 valence electrons. The Kier molecular flexibility index (Phi) is 18.5. The number of unbranched alkanes of at least 4 members (excludes halogenated alkanes) is 10. The summed E-state index contributed by atoms with van der Waals surface area (Å²) in [7, 11) is 0. The quantitative estimate of drug-likeness (QED) is 0.0634. The number of benzene rings is 3. The summed E-state index contributed by atoms with van der Waals surface area (Å²) in [5, 5.41) is 11.5. The van der Waals surface area contributed by atoms with Gasteiger partial charge in [-0.05, 0) is 60.4 Å². The number of hydrogen-bond acceptors (Lipinski definition) is 4. The maximum atomic E-state index is 13.2. The zero-order valence-corrected chi connectivity index (χ0v) is 29.8. The smallest absolute Gasteiger partial charge is 0.267 e. The number of amides is 4. The molecule has 50 heavy (non-hydrogen) atoms. The van der Waals surface area contributed by atoms with Crippen molar-refractivity contribution < 1.29 is 19.2 Å². The fourth-order valence-corrected chi connectivity index (χ4v) is 5.31. The monoisotopic (exact) mass is 678 g/mol. The second-order valence-corrected chi connectivity index (χ2v) is 12.5. The lowest BCUT2D eigenvalue weighted by Crippen LogP contribution is -2.35. The molecular weight excluding hydrogens is 624 g/mol. The Morgan fingerprint density at radius 1 is 0.460 bits per heavy atom.